The van der Waals surface area contributed by atoms with Gasteiger partial charge in [-0.2, -0.15) is 5.26 Å². The Bertz CT molecular complexity index is 630. The molecule has 20 heavy (non-hydrogen) atoms. The molecule has 2 aromatic carbocycles. The highest BCUT2D eigenvalue weighted by Crippen LogP contribution is 2.18. The van der Waals surface area contributed by atoms with Crippen LogP contribution in [0.15, 0.2) is 42.5 Å². The molecule has 1 unspecified atom stereocenters. The summed E-state index contributed by atoms with van der Waals surface area (Å²) >= 11 is 0. The minimum absolute atomic E-state index is 0.181. The lowest BCUT2D eigenvalue weighted by Gasteiger charge is -2.09. The van der Waals surface area contributed by atoms with Crippen molar-refractivity contribution in [3.05, 3.63) is 65.0 Å². The molecule has 0 aliphatic carbocycles. The fourth-order valence-electron chi connectivity index (χ4n) is 1.81. The number of hydrogen-bond donors (Lipinski definition) is 1. The number of nitriles is 1. The Kier molecular flexibility index (Phi) is 4.34. The first-order valence-corrected chi connectivity index (χ1v) is 6.19. The maximum atomic E-state index is 13.2. The van der Waals surface area contributed by atoms with Crippen molar-refractivity contribution in [3.63, 3.8) is 0 Å². The molecule has 1 N–H and O–H groups in total. The fourth-order valence-corrected chi connectivity index (χ4v) is 1.81. The van der Waals surface area contributed by atoms with Gasteiger partial charge in [-0.25, -0.2) is 4.39 Å². The van der Waals surface area contributed by atoms with Crippen LogP contribution in [0.1, 0.15) is 29.7 Å². The number of aliphatic hydroxyl groups excluding tert-OH is 1. The molecule has 0 saturated heterocycles. The fraction of sp³-hybridized carbons (Fsp3) is 0.188. The SMILES string of the molecule is CC(O)c1ccc(OCc2cc(F)cc(C#N)c2)cc1. The van der Waals surface area contributed by atoms with Crippen LogP contribution >= 0.6 is 0 Å². The van der Waals surface area contributed by atoms with Gasteiger partial charge in [0, 0.05) is 0 Å². The number of rotatable bonds is 4. The van der Waals surface area contributed by atoms with E-state index in [1.54, 1.807) is 37.3 Å². The van der Waals surface area contributed by atoms with Crippen LogP contribution in [-0.4, -0.2) is 5.11 Å². The summed E-state index contributed by atoms with van der Waals surface area (Å²) in [4.78, 5) is 0. The quantitative estimate of drug-likeness (QED) is 0.928. The van der Waals surface area contributed by atoms with Gasteiger partial charge in [0.15, 0.2) is 0 Å². The van der Waals surface area contributed by atoms with Gasteiger partial charge in [0.2, 0.25) is 0 Å². The van der Waals surface area contributed by atoms with Gasteiger partial charge in [-0.3, -0.25) is 0 Å². The van der Waals surface area contributed by atoms with Gasteiger partial charge >= 0.3 is 0 Å². The Balaban J connectivity index is 2.05. The van der Waals surface area contributed by atoms with Crippen LogP contribution in [-0.2, 0) is 6.61 Å². The lowest BCUT2D eigenvalue weighted by molar-refractivity contribution is 0.199. The molecule has 0 aliphatic rings. The minimum atomic E-state index is -0.523. The van der Waals surface area contributed by atoms with Crippen LogP contribution in [0.3, 0.4) is 0 Å². The van der Waals surface area contributed by atoms with Crippen LogP contribution in [0.25, 0.3) is 0 Å². The summed E-state index contributed by atoms with van der Waals surface area (Å²) in [7, 11) is 0. The first-order chi connectivity index (χ1) is 9.58. The second-order valence-corrected chi connectivity index (χ2v) is 4.49. The molecule has 0 aromatic heterocycles. The summed E-state index contributed by atoms with van der Waals surface area (Å²) in [5.41, 5.74) is 1.67. The summed E-state index contributed by atoms with van der Waals surface area (Å²) in [6.45, 7) is 1.87. The number of halogens is 1. The van der Waals surface area contributed by atoms with E-state index in [0.717, 1.165) is 5.56 Å². The predicted octanol–water partition coefficient (Wildman–Crippen LogP) is 3.33. The van der Waals surface area contributed by atoms with Crippen LogP contribution in [0.4, 0.5) is 4.39 Å². The average Bonchev–Trinajstić information content (AvgIpc) is 2.45. The van der Waals surface area contributed by atoms with E-state index in [9.17, 15) is 9.50 Å². The van der Waals surface area contributed by atoms with Crippen LogP contribution in [0.2, 0.25) is 0 Å². The van der Waals surface area contributed by atoms with Gasteiger partial charge in [0.1, 0.15) is 18.2 Å². The molecule has 0 bridgehead atoms. The molecule has 3 nitrogen and oxygen atoms in total. The lowest BCUT2D eigenvalue weighted by atomic mass is 10.1. The molecule has 1 atom stereocenters. The normalized spacial score (nSPS) is 11.7. The molecule has 0 amide bonds. The highest BCUT2D eigenvalue weighted by atomic mass is 19.1. The van der Waals surface area contributed by atoms with Crippen molar-refractivity contribution >= 4 is 0 Å². The van der Waals surface area contributed by atoms with Crippen molar-refractivity contribution in [3.8, 4) is 11.8 Å². The van der Waals surface area contributed by atoms with Crippen molar-refractivity contribution in [1.29, 1.82) is 5.26 Å². The third kappa shape index (κ3) is 3.56. The van der Waals surface area contributed by atoms with Gasteiger partial charge < -0.3 is 9.84 Å². The van der Waals surface area contributed by atoms with E-state index in [1.165, 1.54) is 12.1 Å². The third-order valence-corrected chi connectivity index (χ3v) is 2.85. The van der Waals surface area contributed by atoms with Crippen LogP contribution in [0, 0.1) is 17.1 Å². The van der Waals surface area contributed by atoms with E-state index < -0.39 is 11.9 Å². The Hall–Kier alpha value is -2.38. The Morgan fingerprint density at radius 2 is 1.95 bits per heavy atom. The average molecular weight is 271 g/mol. The molecular weight excluding hydrogens is 257 g/mol. The number of ether oxygens (including phenoxy) is 1. The van der Waals surface area contributed by atoms with E-state index in [0.29, 0.717) is 11.3 Å². The molecule has 2 rings (SSSR count). The van der Waals surface area contributed by atoms with Crippen molar-refractivity contribution < 1.29 is 14.2 Å². The molecule has 0 aliphatic heterocycles. The van der Waals surface area contributed by atoms with E-state index in [2.05, 4.69) is 0 Å². The zero-order valence-corrected chi connectivity index (χ0v) is 11.0. The Labute approximate surface area is 116 Å². The minimum Gasteiger partial charge on any atom is -0.489 e. The first kappa shape index (κ1) is 14.0. The Morgan fingerprint density at radius 3 is 2.55 bits per heavy atom. The number of benzene rings is 2. The Morgan fingerprint density at radius 1 is 1.25 bits per heavy atom. The molecule has 0 radical (unpaired) electrons. The molecule has 2 aromatic rings. The largest absolute Gasteiger partial charge is 0.489 e. The summed E-state index contributed by atoms with van der Waals surface area (Å²) in [5.74, 6) is 0.171. The maximum Gasteiger partial charge on any atom is 0.124 e. The van der Waals surface area contributed by atoms with Crippen molar-refractivity contribution in [2.75, 3.05) is 0 Å². The topological polar surface area (TPSA) is 53.2 Å². The molecular formula is C16H14FNO2. The van der Waals surface area contributed by atoms with E-state index in [1.807, 2.05) is 6.07 Å². The number of hydrogen-bond acceptors (Lipinski definition) is 3. The number of aliphatic hydroxyl groups is 1. The lowest BCUT2D eigenvalue weighted by Crippen LogP contribution is -1.98. The van der Waals surface area contributed by atoms with Gasteiger partial charge in [0.05, 0.1) is 17.7 Å². The molecule has 0 heterocycles. The molecule has 0 spiro atoms. The summed E-state index contributed by atoms with van der Waals surface area (Å²) in [5, 5.41) is 18.2. The predicted molar refractivity (Wildman–Crippen MR) is 72.5 cm³/mol. The second kappa shape index (κ2) is 6.18. The smallest absolute Gasteiger partial charge is 0.124 e. The van der Waals surface area contributed by atoms with Crippen LogP contribution < -0.4 is 4.74 Å². The van der Waals surface area contributed by atoms with Crippen molar-refractivity contribution in [2.45, 2.75) is 19.6 Å². The monoisotopic (exact) mass is 271 g/mol. The highest BCUT2D eigenvalue weighted by Gasteiger charge is 2.03. The van der Waals surface area contributed by atoms with Gasteiger partial charge in [0.25, 0.3) is 0 Å². The summed E-state index contributed by atoms with van der Waals surface area (Å²) in [6, 6.07) is 13.0. The zero-order chi connectivity index (χ0) is 14.5. The second-order valence-electron chi connectivity index (χ2n) is 4.49. The molecule has 4 heteroatoms. The van der Waals surface area contributed by atoms with Crippen LogP contribution in [0.5, 0.6) is 5.75 Å². The zero-order valence-electron chi connectivity index (χ0n) is 11.0. The molecule has 0 fully saturated rings. The number of nitrogens with zero attached hydrogens (tertiary/aromatic N) is 1. The van der Waals surface area contributed by atoms with Crippen molar-refractivity contribution in [2.24, 2.45) is 0 Å². The van der Waals surface area contributed by atoms with E-state index >= 15 is 0 Å². The van der Waals surface area contributed by atoms with Gasteiger partial charge in [-0.1, -0.05) is 12.1 Å². The highest BCUT2D eigenvalue weighted by molar-refractivity contribution is 5.34. The van der Waals surface area contributed by atoms with E-state index in [-0.39, 0.29) is 12.2 Å². The van der Waals surface area contributed by atoms with Gasteiger partial charge in [-0.05, 0) is 48.4 Å². The summed E-state index contributed by atoms with van der Waals surface area (Å²) < 4.78 is 18.8. The third-order valence-electron chi connectivity index (χ3n) is 2.85. The van der Waals surface area contributed by atoms with E-state index in [4.69, 9.17) is 10.00 Å². The maximum absolute atomic E-state index is 13.2. The standard InChI is InChI=1S/C16H14FNO2/c1-11(19)14-2-4-16(5-3-14)20-10-13-6-12(9-18)7-15(17)8-13/h2-8,11,19H,10H2,1H3. The summed E-state index contributed by atoms with van der Waals surface area (Å²) in [6.07, 6.45) is -0.523. The van der Waals surface area contributed by atoms with Crippen molar-refractivity contribution in [1.82, 2.24) is 0 Å². The van der Waals surface area contributed by atoms with Gasteiger partial charge in [-0.15, -0.1) is 0 Å². The molecule has 102 valence electrons. The first-order valence-electron chi connectivity index (χ1n) is 6.19. The molecule has 0 saturated carbocycles.